The molecule has 3 aromatic rings. The number of thiazole rings is 1. The third-order valence-electron chi connectivity index (χ3n) is 9.44. The average Bonchev–Trinajstić information content (AvgIpc) is 3.65. The minimum atomic E-state index is -1.55. The number of benzene rings is 2. The minimum Gasteiger partial charge on any atom is -0.476 e. The molecule has 1 aromatic heterocycles. The zero-order valence-corrected chi connectivity index (χ0v) is 32.8. The Kier molecular flexibility index (Phi) is 15.7. The van der Waals surface area contributed by atoms with Gasteiger partial charge in [-0.2, -0.15) is 5.10 Å². The first kappa shape index (κ1) is 44.1. The van der Waals surface area contributed by atoms with Crippen molar-refractivity contribution in [3.63, 3.8) is 0 Å². The van der Waals surface area contributed by atoms with E-state index in [0.29, 0.717) is 22.6 Å². The Balaban J connectivity index is 0.000000460. The number of nitrogens with one attached hydrogen (secondary N) is 2. The molecule has 0 spiro atoms. The molecule has 2 aliphatic rings. The van der Waals surface area contributed by atoms with Crippen LogP contribution in [0.1, 0.15) is 68.2 Å². The van der Waals surface area contributed by atoms with Crippen molar-refractivity contribution in [1.29, 1.82) is 0 Å². The van der Waals surface area contributed by atoms with Crippen molar-refractivity contribution in [3.05, 3.63) is 64.5 Å². The molecule has 1 fully saturated rings. The number of aromatic carboxylic acids is 1. The van der Waals surface area contributed by atoms with Gasteiger partial charge in [-0.15, -0.1) is 11.3 Å². The second-order valence-electron chi connectivity index (χ2n) is 14.8. The van der Waals surface area contributed by atoms with Crippen LogP contribution in [0.15, 0.2) is 59.0 Å². The summed E-state index contributed by atoms with van der Waals surface area (Å²) < 4.78 is 0. The Hall–Kier alpha value is -4.62. The van der Waals surface area contributed by atoms with Crippen molar-refractivity contribution in [3.8, 4) is 11.3 Å². The van der Waals surface area contributed by atoms with E-state index in [-0.39, 0.29) is 36.3 Å². The van der Waals surface area contributed by atoms with Crippen molar-refractivity contribution in [2.24, 2.45) is 16.4 Å². The lowest BCUT2D eigenvalue weighted by atomic mass is 9.83. The van der Waals surface area contributed by atoms with Crippen LogP contribution in [0.2, 0.25) is 0 Å². The van der Waals surface area contributed by atoms with Gasteiger partial charge in [0, 0.05) is 40.1 Å². The maximum atomic E-state index is 14.0. The minimum absolute atomic E-state index is 0.0220. The van der Waals surface area contributed by atoms with Crippen molar-refractivity contribution >= 4 is 52.1 Å². The number of amides is 3. The van der Waals surface area contributed by atoms with Gasteiger partial charge in [0.2, 0.25) is 10.9 Å². The number of fused-ring (bicyclic) bond motifs is 1. The average molecular weight is 797 g/mol. The number of hydrogen-bond donors (Lipinski definition) is 8. The van der Waals surface area contributed by atoms with E-state index >= 15 is 0 Å². The van der Waals surface area contributed by atoms with Gasteiger partial charge in [0.1, 0.15) is 24.9 Å². The van der Waals surface area contributed by atoms with E-state index in [1.807, 2.05) is 45.0 Å². The van der Waals surface area contributed by atoms with Gasteiger partial charge in [-0.3, -0.25) is 14.5 Å². The zero-order chi connectivity index (χ0) is 41.2. The fourth-order valence-corrected chi connectivity index (χ4v) is 6.86. The Morgan fingerprint density at radius 1 is 0.946 bits per heavy atom. The van der Waals surface area contributed by atoms with Crippen LogP contribution < -0.4 is 15.5 Å². The van der Waals surface area contributed by atoms with E-state index in [2.05, 4.69) is 15.6 Å². The molecule has 3 amide bonds. The van der Waals surface area contributed by atoms with Crippen LogP contribution >= 0.6 is 11.3 Å². The molecular formula is C39H52N6O10S. The van der Waals surface area contributed by atoms with Gasteiger partial charge < -0.3 is 41.3 Å². The number of likely N-dealkylation sites (N-methyl/N-ethyl adjacent to an activating group) is 1. The van der Waals surface area contributed by atoms with Gasteiger partial charge in [0.15, 0.2) is 5.78 Å². The number of anilines is 2. The van der Waals surface area contributed by atoms with E-state index in [0.717, 1.165) is 54.7 Å². The molecule has 8 N–H and O–H groups in total. The molecule has 17 heteroatoms. The molecule has 0 saturated heterocycles. The summed E-state index contributed by atoms with van der Waals surface area (Å²) in [7, 11) is 1.57. The SMILES string of the molecule is CC(C)(C)C(=O)CN1C(=O)N(CC(=O)Nc2cccc(-c3csc(C(=O)O)n3)c2)N=C(C2CCCCC2)c2ccccc21.CNC[C@H](O)[C@@H](O)[C@H](O)[C@H](O)CO. The molecule has 5 rings (SSSR count). The predicted octanol–water partition coefficient (Wildman–Crippen LogP) is 2.93. The number of aliphatic hydroxyl groups excluding tert-OH is 5. The maximum absolute atomic E-state index is 14.0. The topological polar surface area (TPSA) is 245 Å². The first-order valence-corrected chi connectivity index (χ1v) is 19.3. The van der Waals surface area contributed by atoms with Gasteiger partial charge in [0.25, 0.3) is 0 Å². The van der Waals surface area contributed by atoms with E-state index in [1.165, 1.54) is 9.91 Å². The van der Waals surface area contributed by atoms with E-state index in [4.69, 9.17) is 25.5 Å². The molecular weight excluding hydrogens is 745 g/mol. The largest absolute Gasteiger partial charge is 0.476 e. The highest BCUT2D eigenvalue weighted by atomic mass is 32.1. The number of rotatable bonds is 14. The number of aliphatic hydroxyl groups is 5. The van der Waals surface area contributed by atoms with Crippen molar-refractivity contribution in [2.45, 2.75) is 77.3 Å². The van der Waals surface area contributed by atoms with E-state index < -0.39 is 54.3 Å². The predicted molar refractivity (Wildman–Crippen MR) is 212 cm³/mol. The number of carboxylic acids is 1. The molecule has 1 aliphatic carbocycles. The number of Topliss-reactive ketones (excluding diaryl/α,β-unsaturated/α-hetero) is 1. The Bertz CT molecular complexity index is 1860. The van der Waals surface area contributed by atoms with Gasteiger partial charge in [-0.05, 0) is 38.1 Å². The summed E-state index contributed by atoms with van der Waals surface area (Å²) >= 11 is 1.02. The molecule has 2 heterocycles. The van der Waals surface area contributed by atoms with Gasteiger partial charge >= 0.3 is 12.0 Å². The lowest BCUT2D eigenvalue weighted by Crippen LogP contribution is -2.48. The highest BCUT2D eigenvalue weighted by Crippen LogP contribution is 2.35. The Morgan fingerprint density at radius 3 is 2.25 bits per heavy atom. The number of urea groups is 1. The standard InChI is InChI=1S/C32H35N5O5S.C7H17NO5/c1-32(2,3)26(38)17-36-25-15-8-7-14-23(25)28(20-10-5-4-6-11-20)35-37(31(36)42)18-27(39)33-22-13-9-12-21(16-22)24-19-43-29(34-24)30(40)41;1-8-2-4(10)6(12)7(13)5(11)3-9/h7-9,12-16,19-20H,4-6,10-11,17-18H2,1-3H3,(H,33,39)(H,40,41);4-13H,2-3H2,1H3/t;4-,5+,6+,7+/m.0/s1. The van der Waals surface area contributed by atoms with Crippen LogP contribution in [-0.4, -0.2) is 128 Å². The molecule has 16 nitrogen and oxygen atoms in total. The summed E-state index contributed by atoms with van der Waals surface area (Å²) in [6.07, 6.45) is -0.484. The summed E-state index contributed by atoms with van der Waals surface area (Å²) in [6, 6.07) is 13.9. The molecule has 0 unspecified atom stereocenters. The summed E-state index contributed by atoms with van der Waals surface area (Å²) in [4.78, 5) is 57.4. The first-order chi connectivity index (χ1) is 26.5. The molecule has 0 radical (unpaired) electrons. The molecule has 1 saturated carbocycles. The van der Waals surface area contributed by atoms with E-state index in [1.54, 1.807) is 36.7 Å². The third-order valence-corrected chi connectivity index (χ3v) is 10.3. The first-order valence-electron chi connectivity index (χ1n) is 18.4. The molecule has 304 valence electrons. The fourth-order valence-electron chi connectivity index (χ4n) is 6.20. The summed E-state index contributed by atoms with van der Waals surface area (Å²) in [5.41, 5.74) is 3.13. The lowest BCUT2D eigenvalue weighted by molar-refractivity contribution is -0.124. The number of para-hydroxylation sites is 1. The maximum Gasteiger partial charge on any atom is 0.365 e. The van der Waals surface area contributed by atoms with Crippen LogP contribution in [0.4, 0.5) is 16.2 Å². The summed E-state index contributed by atoms with van der Waals surface area (Å²) in [5, 5.41) is 67.2. The zero-order valence-electron chi connectivity index (χ0n) is 32.0. The van der Waals surface area contributed by atoms with Crippen molar-refractivity contribution in [1.82, 2.24) is 15.3 Å². The molecule has 56 heavy (non-hydrogen) atoms. The molecule has 0 bridgehead atoms. The summed E-state index contributed by atoms with van der Waals surface area (Å²) in [5.74, 6) is -1.53. The fraction of sp³-hybridized carbons (Fsp3) is 0.487. The number of carbonyl (C=O) groups is 4. The van der Waals surface area contributed by atoms with Gasteiger partial charge in [-0.1, -0.05) is 70.4 Å². The van der Waals surface area contributed by atoms with Crippen LogP contribution in [0.3, 0.4) is 0 Å². The molecule has 4 atom stereocenters. The Labute approximate surface area is 329 Å². The third kappa shape index (κ3) is 11.5. The monoisotopic (exact) mass is 796 g/mol. The van der Waals surface area contributed by atoms with Crippen LogP contribution in [0.5, 0.6) is 0 Å². The van der Waals surface area contributed by atoms with Crippen molar-refractivity contribution < 1.29 is 49.8 Å². The smallest absolute Gasteiger partial charge is 0.365 e. The highest BCUT2D eigenvalue weighted by molar-refractivity contribution is 7.11. The number of hydrazone groups is 1. The van der Waals surface area contributed by atoms with Crippen LogP contribution in [-0.2, 0) is 9.59 Å². The Morgan fingerprint density at radius 2 is 1.62 bits per heavy atom. The number of carboxylic acid groups (broad SMARTS) is 1. The number of ketones is 1. The lowest BCUT2D eigenvalue weighted by Gasteiger charge is -2.28. The van der Waals surface area contributed by atoms with Crippen LogP contribution in [0, 0.1) is 11.3 Å². The number of nitrogens with zero attached hydrogens (tertiary/aromatic N) is 4. The number of hydrogen-bond acceptors (Lipinski definition) is 13. The summed E-state index contributed by atoms with van der Waals surface area (Å²) in [6.45, 7) is 4.40. The highest BCUT2D eigenvalue weighted by Gasteiger charge is 2.36. The van der Waals surface area contributed by atoms with Gasteiger partial charge in [0.05, 0.1) is 36.3 Å². The normalized spacial score (nSPS) is 17.0. The number of carbonyl (C=O) groups excluding carboxylic acids is 3. The van der Waals surface area contributed by atoms with Crippen molar-refractivity contribution in [2.75, 3.05) is 43.5 Å². The number of aromatic nitrogens is 1. The van der Waals surface area contributed by atoms with Gasteiger partial charge in [-0.25, -0.2) is 19.6 Å². The molecule has 2 aromatic carbocycles. The van der Waals surface area contributed by atoms with E-state index in [9.17, 15) is 29.4 Å². The quantitative estimate of drug-likeness (QED) is 0.117. The second-order valence-corrected chi connectivity index (χ2v) is 15.6. The van der Waals surface area contributed by atoms with Crippen LogP contribution in [0.25, 0.3) is 11.3 Å². The molecule has 1 aliphatic heterocycles. The second kappa shape index (κ2) is 20.0.